The summed E-state index contributed by atoms with van der Waals surface area (Å²) >= 11 is 5.96. The van der Waals surface area contributed by atoms with Crippen LogP contribution in [0.15, 0.2) is 97.1 Å². The number of hydrogen-bond acceptors (Lipinski definition) is 14. The normalized spacial score (nSPS) is 18.6. The molecule has 15 nitrogen and oxygen atoms in total. The molecule has 0 bridgehead atoms. The van der Waals surface area contributed by atoms with Crippen LogP contribution in [0, 0.1) is 11.8 Å². The average molecular weight is 825 g/mol. The van der Waals surface area contributed by atoms with Crippen LogP contribution in [-0.4, -0.2) is 87.5 Å². The van der Waals surface area contributed by atoms with Crippen molar-refractivity contribution in [3.8, 4) is 17.2 Å². The molecule has 3 aromatic carbocycles. The molecule has 5 atom stereocenters. The summed E-state index contributed by atoms with van der Waals surface area (Å²) < 4.78 is 21.5. The number of unbranched alkanes of at least 4 members (excludes halogenated alkanes) is 1. The number of ether oxygens (including phenoxy) is 4. The zero-order chi connectivity index (χ0) is 41.9. The molecule has 0 spiro atoms. The van der Waals surface area contributed by atoms with Gasteiger partial charge in [-0.05, 0) is 78.3 Å². The largest absolute Gasteiger partial charge is 0.493 e. The van der Waals surface area contributed by atoms with Gasteiger partial charge >= 0.3 is 11.9 Å². The Morgan fingerprint density at radius 1 is 0.966 bits per heavy atom. The van der Waals surface area contributed by atoms with Crippen molar-refractivity contribution in [1.29, 1.82) is 0 Å². The molecule has 0 radical (unpaired) electrons. The predicted molar refractivity (Wildman–Crippen MR) is 210 cm³/mol. The molecular weight excluding hydrogens is 776 g/mol. The number of amides is 1. The molecule has 1 aliphatic rings. The van der Waals surface area contributed by atoms with Gasteiger partial charge in [0.2, 0.25) is 5.91 Å². The number of benzene rings is 3. The second-order valence-corrected chi connectivity index (χ2v) is 13.8. The van der Waals surface area contributed by atoms with Crippen molar-refractivity contribution in [2.24, 2.45) is 11.8 Å². The van der Waals surface area contributed by atoms with Crippen LogP contribution >= 0.6 is 11.6 Å². The van der Waals surface area contributed by atoms with Gasteiger partial charge in [-0.15, -0.1) is 0 Å². The van der Waals surface area contributed by atoms with Crippen molar-refractivity contribution in [2.75, 3.05) is 20.3 Å². The number of rotatable bonds is 22. The Bertz CT molecular complexity index is 1870. The Kier molecular flexibility index (Phi) is 18.8. The van der Waals surface area contributed by atoms with Crippen LogP contribution in [0.3, 0.4) is 0 Å². The molecule has 0 unspecified atom stereocenters. The Morgan fingerprint density at radius 3 is 2.45 bits per heavy atom. The number of aliphatic hydroxyl groups excluding tert-OH is 3. The average Bonchev–Trinajstić information content (AvgIpc) is 3.48. The molecule has 4 rings (SSSR count). The van der Waals surface area contributed by atoms with Crippen molar-refractivity contribution in [3.63, 3.8) is 0 Å². The van der Waals surface area contributed by atoms with Gasteiger partial charge in [0.25, 0.3) is 0 Å². The van der Waals surface area contributed by atoms with E-state index in [9.17, 15) is 29.7 Å². The van der Waals surface area contributed by atoms with E-state index in [1.54, 1.807) is 72.8 Å². The van der Waals surface area contributed by atoms with Gasteiger partial charge in [0.15, 0.2) is 11.5 Å². The van der Waals surface area contributed by atoms with Crippen LogP contribution in [0.4, 0.5) is 0 Å². The first-order valence-electron chi connectivity index (χ1n) is 18.5. The second kappa shape index (κ2) is 24.0. The van der Waals surface area contributed by atoms with Crippen LogP contribution in [0.1, 0.15) is 48.8 Å². The highest BCUT2D eigenvalue weighted by Crippen LogP contribution is 2.36. The van der Waals surface area contributed by atoms with Crippen molar-refractivity contribution >= 4 is 35.5 Å². The SMILES string of the molecule is COc1cc(/C=C/C(=O)OCc2ccc(CON(O)O)cc2)ccc1OC(=O)CNC(=O)CCC/C=C\C[C@@H]1[C@@H](/C=C/[C@@H](O)COc2cccc(Cl)c2)[C@H](O)C[C@@H]1O. The van der Waals surface area contributed by atoms with Gasteiger partial charge in [-0.1, -0.05) is 72.3 Å². The lowest BCUT2D eigenvalue weighted by molar-refractivity contribution is -0.497. The number of nitrogens with one attached hydrogen (secondary N) is 1. The van der Waals surface area contributed by atoms with Gasteiger partial charge < -0.3 is 39.6 Å². The maximum atomic E-state index is 12.5. The molecule has 1 saturated carbocycles. The zero-order valence-electron chi connectivity index (χ0n) is 31.9. The molecular formula is C42H49ClN2O13. The van der Waals surface area contributed by atoms with Crippen molar-refractivity contribution in [2.45, 2.75) is 63.6 Å². The molecule has 58 heavy (non-hydrogen) atoms. The highest BCUT2D eigenvalue weighted by atomic mass is 35.5. The fourth-order valence-corrected chi connectivity index (χ4v) is 6.21. The summed E-state index contributed by atoms with van der Waals surface area (Å²) in [7, 11) is 1.40. The van der Waals surface area contributed by atoms with Gasteiger partial charge in [0.1, 0.15) is 31.6 Å². The van der Waals surface area contributed by atoms with E-state index in [-0.39, 0.29) is 73.8 Å². The number of carbonyl (C=O) groups excluding carboxylic acids is 3. The maximum absolute atomic E-state index is 12.5. The first-order chi connectivity index (χ1) is 27.9. The highest BCUT2D eigenvalue weighted by molar-refractivity contribution is 6.30. The number of esters is 2. The summed E-state index contributed by atoms with van der Waals surface area (Å²) in [6, 6.07) is 18.3. The topological polar surface area (TPSA) is 214 Å². The number of allylic oxidation sites excluding steroid dienone is 2. The van der Waals surface area contributed by atoms with Gasteiger partial charge in [-0.2, -0.15) is 0 Å². The minimum atomic E-state index is -0.918. The lowest BCUT2D eigenvalue weighted by Gasteiger charge is -2.19. The van der Waals surface area contributed by atoms with E-state index in [2.05, 4.69) is 10.2 Å². The summed E-state index contributed by atoms with van der Waals surface area (Å²) in [6.45, 7) is -0.398. The Hall–Kier alpha value is -5.10. The molecule has 3 aromatic rings. The molecule has 312 valence electrons. The van der Waals surface area contributed by atoms with Crippen LogP contribution in [0.2, 0.25) is 5.02 Å². The van der Waals surface area contributed by atoms with E-state index < -0.39 is 30.3 Å². The minimum absolute atomic E-state index is 0.00448. The van der Waals surface area contributed by atoms with Crippen LogP contribution in [0.25, 0.3) is 6.08 Å². The number of carbonyl (C=O) groups is 3. The second-order valence-electron chi connectivity index (χ2n) is 13.4. The van der Waals surface area contributed by atoms with E-state index in [0.717, 1.165) is 0 Å². The van der Waals surface area contributed by atoms with Crippen LogP contribution < -0.4 is 19.5 Å². The van der Waals surface area contributed by atoms with Gasteiger partial charge in [-0.25, -0.2) is 14.4 Å². The summed E-state index contributed by atoms with van der Waals surface area (Å²) in [6.07, 6.45) is 9.50. The van der Waals surface area contributed by atoms with Gasteiger partial charge in [-0.3, -0.25) is 15.2 Å². The Morgan fingerprint density at radius 2 is 1.72 bits per heavy atom. The van der Waals surface area contributed by atoms with Gasteiger partial charge in [0, 0.05) is 29.9 Å². The summed E-state index contributed by atoms with van der Waals surface area (Å²) in [5.74, 6) is -1.33. The standard InChI is InChI=1S/C42H49ClN2O13/c1-54-39-21-28(16-20-41(50)56-25-29-11-13-30(14-12-29)26-57-45(52)53)15-19-38(39)58-42(51)24-44-40(49)10-5-3-2-4-9-34-35(37(48)23-36(34)47)18-17-32(46)27-55-33-8-6-7-31(43)22-33/h2,4,6-8,11-22,32,34-37,46-48,52-53H,3,5,9-10,23-27H2,1H3,(H,44,49)/b4-2-,18-17+,20-16+/t32-,34-,35-,36+,37-/m1/s1. The first-order valence-corrected chi connectivity index (χ1v) is 18.9. The number of aliphatic hydroxyl groups is 3. The van der Waals surface area contributed by atoms with Crippen LogP contribution in [-0.2, 0) is 37.2 Å². The summed E-state index contributed by atoms with van der Waals surface area (Å²) in [4.78, 5) is 41.6. The van der Waals surface area contributed by atoms with E-state index in [0.29, 0.717) is 46.7 Å². The molecule has 0 saturated heterocycles. The number of nitrogens with zero attached hydrogens (tertiary/aromatic N) is 1. The minimum Gasteiger partial charge on any atom is -0.493 e. The summed E-state index contributed by atoms with van der Waals surface area (Å²) in [5, 5.41) is 51.4. The lowest BCUT2D eigenvalue weighted by atomic mass is 9.89. The van der Waals surface area contributed by atoms with Gasteiger partial charge in [0.05, 0.1) is 31.3 Å². The fraction of sp³-hybridized carbons (Fsp3) is 0.357. The first kappa shape index (κ1) is 45.6. The third-order valence-corrected chi connectivity index (χ3v) is 9.28. The molecule has 1 amide bonds. The predicted octanol–water partition coefficient (Wildman–Crippen LogP) is 5.11. The molecule has 0 heterocycles. The van der Waals surface area contributed by atoms with E-state index >= 15 is 0 Å². The lowest BCUT2D eigenvalue weighted by Crippen LogP contribution is -2.31. The zero-order valence-corrected chi connectivity index (χ0v) is 32.6. The third-order valence-electron chi connectivity index (χ3n) is 9.04. The monoisotopic (exact) mass is 824 g/mol. The van der Waals surface area contributed by atoms with E-state index in [1.165, 1.54) is 25.3 Å². The summed E-state index contributed by atoms with van der Waals surface area (Å²) in [5.41, 5.74) is 1.96. The number of methoxy groups -OCH3 is 1. The smallest absolute Gasteiger partial charge is 0.331 e. The highest BCUT2D eigenvalue weighted by Gasteiger charge is 2.39. The van der Waals surface area contributed by atoms with Crippen LogP contribution in [0.5, 0.6) is 17.2 Å². The number of hydrogen-bond donors (Lipinski definition) is 6. The van der Waals surface area contributed by atoms with E-state index in [4.69, 9.17) is 41.0 Å². The molecule has 0 aliphatic heterocycles. The molecule has 6 N–H and O–H groups in total. The molecule has 16 heteroatoms. The quantitative estimate of drug-likeness (QED) is 0.0194. The van der Waals surface area contributed by atoms with Crippen molar-refractivity contribution in [3.05, 3.63) is 119 Å². The van der Waals surface area contributed by atoms with E-state index in [1.807, 2.05) is 12.2 Å². The molecule has 0 aromatic heterocycles. The number of halogens is 1. The third kappa shape index (κ3) is 16.0. The maximum Gasteiger partial charge on any atom is 0.331 e. The Labute approximate surface area is 341 Å². The Balaban J connectivity index is 1.12. The van der Waals surface area contributed by atoms with Crippen molar-refractivity contribution in [1.82, 2.24) is 10.7 Å². The van der Waals surface area contributed by atoms with Crippen molar-refractivity contribution < 1.29 is 63.9 Å². The molecule has 1 fully saturated rings. The fourth-order valence-electron chi connectivity index (χ4n) is 6.03. The molecule has 1 aliphatic carbocycles.